The molecule has 110 valence electrons. The fourth-order valence-corrected chi connectivity index (χ4v) is 3.51. The summed E-state index contributed by atoms with van der Waals surface area (Å²) >= 11 is 0. The molecule has 1 saturated heterocycles. The third kappa shape index (κ3) is 3.69. The Balaban J connectivity index is 1.94. The van der Waals surface area contributed by atoms with Gasteiger partial charge in [-0.15, -0.1) is 0 Å². The molecule has 1 aliphatic heterocycles. The zero-order chi connectivity index (χ0) is 13.8. The number of hydrogen-bond donors (Lipinski definition) is 2. The van der Waals surface area contributed by atoms with Crippen molar-refractivity contribution in [3.05, 3.63) is 0 Å². The lowest BCUT2D eigenvalue weighted by atomic mass is 9.94. The fraction of sp³-hybridized carbons (Fsp3) is 0.933. The van der Waals surface area contributed by atoms with Gasteiger partial charge in [-0.1, -0.05) is 25.7 Å². The maximum Gasteiger partial charge on any atom is 0.238 e. The first-order chi connectivity index (χ1) is 9.09. The first kappa shape index (κ1) is 14.8. The van der Waals surface area contributed by atoms with Crippen molar-refractivity contribution in [3.8, 4) is 0 Å². The minimum atomic E-state index is 0.00354. The van der Waals surface area contributed by atoms with Crippen molar-refractivity contribution in [2.75, 3.05) is 0 Å². The van der Waals surface area contributed by atoms with Crippen LogP contribution < -0.4 is 11.2 Å². The summed E-state index contributed by atoms with van der Waals surface area (Å²) in [6.07, 6.45) is 9.06. The Kier molecular flexibility index (Phi) is 5.22. The Labute approximate surface area is 117 Å². The van der Waals surface area contributed by atoms with Gasteiger partial charge in [0.2, 0.25) is 5.91 Å². The summed E-state index contributed by atoms with van der Waals surface area (Å²) in [4.78, 5) is 12.5. The number of rotatable bonds is 2. The number of nitrogens with zero attached hydrogens (tertiary/aromatic N) is 1. The van der Waals surface area contributed by atoms with Gasteiger partial charge in [0.15, 0.2) is 0 Å². The Morgan fingerprint density at radius 1 is 1.00 bits per heavy atom. The molecule has 19 heavy (non-hydrogen) atoms. The van der Waals surface area contributed by atoms with Gasteiger partial charge >= 0.3 is 0 Å². The van der Waals surface area contributed by atoms with Gasteiger partial charge in [-0.05, 0) is 39.5 Å². The van der Waals surface area contributed by atoms with Crippen LogP contribution in [0.15, 0.2) is 0 Å². The van der Waals surface area contributed by atoms with E-state index < -0.39 is 0 Å². The summed E-state index contributed by atoms with van der Waals surface area (Å²) in [5.74, 6) is 0.152. The van der Waals surface area contributed by atoms with E-state index in [2.05, 4.69) is 24.3 Å². The van der Waals surface area contributed by atoms with E-state index >= 15 is 0 Å². The maximum absolute atomic E-state index is 12.5. The van der Waals surface area contributed by atoms with Crippen LogP contribution in [0.4, 0.5) is 0 Å². The molecule has 0 bridgehead atoms. The van der Waals surface area contributed by atoms with E-state index in [4.69, 9.17) is 5.73 Å². The fourth-order valence-electron chi connectivity index (χ4n) is 3.51. The largest absolute Gasteiger partial charge is 0.327 e. The molecule has 4 nitrogen and oxygen atoms in total. The number of nitrogens with one attached hydrogen (secondary N) is 1. The average Bonchev–Trinajstić information content (AvgIpc) is 2.58. The minimum absolute atomic E-state index is 0.00354. The lowest BCUT2D eigenvalue weighted by Gasteiger charge is -2.39. The first-order valence-corrected chi connectivity index (χ1v) is 7.94. The Morgan fingerprint density at radius 3 is 2.32 bits per heavy atom. The monoisotopic (exact) mass is 267 g/mol. The minimum Gasteiger partial charge on any atom is -0.327 e. The number of nitrogens with two attached hydrogens (primary N) is 1. The molecule has 1 aliphatic carbocycles. The van der Waals surface area contributed by atoms with Gasteiger partial charge in [-0.3, -0.25) is 10.2 Å². The maximum atomic E-state index is 12.5. The molecule has 0 aromatic rings. The molecular formula is C15H29N3O. The van der Waals surface area contributed by atoms with Gasteiger partial charge in [0, 0.05) is 18.1 Å². The lowest BCUT2D eigenvalue weighted by Crippen LogP contribution is -2.56. The molecule has 3 N–H and O–H groups in total. The number of piperidine rings is 1. The van der Waals surface area contributed by atoms with Gasteiger partial charge in [-0.25, -0.2) is 5.01 Å². The topological polar surface area (TPSA) is 58.4 Å². The predicted octanol–water partition coefficient (Wildman–Crippen LogP) is 2.19. The highest BCUT2D eigenvalue weighted by Gasteiger charge is 2.31. The zero-order valence-electron chi connectivity index (χ0n) is 12.4. The number of hydrazine groups is 1. The molecule has 0 aromatic carbocycles. The highest BCUT2D eigenvalue weighted by molar-refractivity contribution is 5.79. The van der Waals surface area contributed by atoms with Crippen LogP contribution in [0.5, 0.6) is 0 Å². The summed E-state index contributed by atoms with van der Waals surface area (Å²) in [6.45, 7) is 4.39. The summed E-state index contributed by atoms with van der Waals surface area (Å²) in [5, 5.41) is 2.16. The first-order valence-electron chi connectivity index (χ1n) is 7.94. The van der Waals surface area contributed by atoms with Crippen molar-refractivity contribution >= 4 is 5.91 Å². The molecule has 0 spiro atoms. The molecule has 4 heteroatoms. The van der Waals surface area contributed by atoms with E-state index in [9.17, 15) is 4.79 Å². The molecule has 0 aromatic heterocycles. The summed E-state index contributed by atoms with van der Waals surface area (Å²) in [7, 11) is 0. The third-order valence-corrected chi connectivity index (χ3v) is 4.84. The van der Waals surface area contributed by atoms with Crippen LogP contribution in [0.3, 0.4) is 0 Å². The molecule has 4 atom stereocenters. The SMILES string of the molecule is CC1CCCC(C)N1NC(=O)C1CCCCCC1N. The number of amides is 1. The van der Waals surface area contributed by atoms with E-state index in [0.717, 1.165) is 19.3 Å². The van der Waals surface area contributed by atoms with Gasteiger partial charge in [0.25, 0.3) is 0 Å². The van der Waals surface area contributed by atoms with Gasteiger partial charge in [0.1, 0.15) is 0 Å². The van der Waals surface area contributed by atoms with Crippen LogP contribution in [0.1, 0.15) is 65.2 Å². The van der Waals surface area contributed by atoms with E-state index in [1.807, 2.05) is 0 Å². The second-order valence-corrected chi connectivity index (χ2v) is 6.42. The van der Waals surface area contributed by atoms with Crippen molar-refractivity contribution in [1.29, 1.82) is 0 Å². The number of carbonyl (C=O) groups excluding carboxylic acids is 1. The Morgan fingerprint density at radius 2 is 1.63 bits per heavy atom. The molecule has 4 unspecified atom stereocenters. The van der Waals surface area contributed by atoms with E-state index in [1.54, 1.807) is 0 Å². The quantitative estimate of drug-likeness (QED) is 0.754. The van der Waals surface area contributed by atoms with Gasteiger partial charge in [-0.2, -0.15) is 0 Å². The molecular weight excluding hydrogens is 238 g/mol. The zero-order valence-corrected chi connectivity index (χ0v) is 12.4. The smallest absolute Gasteiger partial charge is 0.238 e. The molecule has 1 amide bonds. The molecule has 2 fully saturated rings. The molecule has 1 saturated carbocycles. The Hall–Kier alpha value is -0.610. The Bertz CT molecular complexity index is 298. The number of hydrogen-bond acceptors (Lipinski definition) is 3. The molecule has 2 rings (SSSR count). The van der Waals surface area contributed by atoms with Crippen LogP contribution in [-0.2, 0) is 4.79 Å². The molecule has 1 heterocycles. The number of carbonyl (C=O) groups is 1. The van der Waals surface area contributed by atoms with Crippen molar-refractivity contribution in [3.63, 3.8) is 0 Å². The van der Waals surface area contributed by atoms with Crippen molar-refractivity contribution in [2.24, 2.45) is 11.7 Å². The van der Waals surface area contributed by atoms with Gasteiger partial charge < -0.3 is 5.73 Å². The van der Waals surface area contributed by atoms with E-state index in [1.165, 1.54) is 32.1 Å². The molecule has 2 aliphatic rings. The molecule has 0 radical (unpaired) electrons. The summed E-state index contributed by atoms with van der Waals surface area (Å²) in [6, 6.07) is 0.919. The summed E-state index contributed by atoms with van der Waals surface area (Å²) < 4.78 is 0. The normalized spacial score (nSPS) is 37.6. The highest BCUT2D eigenvalue weighted by atomic mass is 16.2. The lowest BCUT2D eigenvalue weighted by molar-refractivity contribution is -0.134. The third-order valence-electron chi connectivity index (χ3n) is 4.84. The van der Waals surface area contributed by atoms with Crippen LogP contribution in [0, 0.1) is 5.92 Å². The van der Waals surface area contributed by atoms with Crippen molar-refractivity contribution < 1.29 is 4.79 Å². The van der Waals surface area contributed by atoms with E-state index in [-0.39, 0.29) is 17.9 Å². The van der Waals surface area contributed by atoms with Crippen LogP contribution in [0.25, 0.3) is 0 Å². The second-order valence-electron chi connectivity index (χ2n) is 6.42. The predicted molar refractivity (Wildman–Crippen MR) is 77.3 cm³/mol. The standard InChI is InChI=1S/C15H29N3O/c1-11-7-6-8-12(2)18(11)17-15(19)13-9-4-3-5-10-14(13)16/h11-14H,3-10,16H2,1-2H3,(H,17,19). The second kappa shape index (κ2) is 6.71. The van der Waals surface area contributed by atoms with Crippen molar-refractivity contribution in [2.45, 2.75) is 83.3 Å². The van der Waals surface area contributed by atoms with Crippen LogP contribution in [-0.4, -0.2) is 29.0 Å². The average molecular weight is 267 g/mol. The van der Waals surface area contributed by atoms with Crippen LogP contribution >= 0.6 is 0 Å². The van der Waals surface area contributed by atoms with Crippen molar-refractivity contribution in [1.82, 2.24) is 10.4 Å². The van der Waals surface area contributed by atoms with E-state index in [0.29, 0.717) is 12.1 Å². The highest BCUT2D eigenvalue weighted by Crippen LogP contribution is 2.24. The summed E-state index contributed by atoms with van der Waals surface area (Å²) in [5.41, 5.74) is 9.34. The van der Waals surface area contributed by atoms with Gasteiger partial charge in [0.05, 0.1) is 5.92 Å². The van der Waals surface area contributed by atoms with Crippen LogP contribution in [0.2, 0.25) is 0 Å².